The maximum atomic E-state index is 12.8. The molecule has 1 aromatic heterocycles. The predicted molar refractivity (Wildman–Crippen MR) is 77.7 cm³/mol. The van der Waals surface area contributed by atoms with E-state index < -0.39 is 10.0 Å². The van der Waals surface area contributed by atoms with E-state index in [0.717, 1.165) is 0 Å². The summed E-state index contributed by atoms with van der Waals surface area (Å²) in [5, 5.41) is 0. The lowest BCUT2D eigenvalue weighted by Crippen LogP contribution is -2.39. The number of pyridine rings is 1. The smallest absolute Gasteiger partial charge is 0.236 e. The molecule has 102 valence electrons. The van der Waals surface area contributed by atoms with Crippen LogP contribution < -0.4 is 4.31 Å². The van der Waals surface area contributed by atoms with E-state index in [2.05, 4.69) is 9.98 Å². The van der Waals surface area contributed by atoms with E-state index in [9.17, 15) is 8.42 Å². The van der Waals surface area contributed by atoms with Crippen LogP contribution in [-0.4, -0.2) is 19.2 Å². The second-order valence-electron chi connectivity index (χ2n) is 4.31. The van der Waals surface area contributed by atoms with Crippen molar-refractivity contribution in [2.45, 2.75) is 18.2 Å². The lowest BCUT2D eigenvalue weighted by Gasteiger charge is -2.28. The minimum atomic E-state index is -3.66. The van der Waals surface area contributed by atoms with Gasteiger partial charge in [-0.05, 0) is 24.3 Å². The normalized spacial score (nSPS) is 16.4. The van der Waals surface area contributed by atoms with Gasteiger partial charge in [0.15, 0.2) is 5.82 Å². The molecule has 20 heavy (non-hydrogen) atoms. The van der Waals surface area contributed by atoms with E-state index in [1.54, 1.807) is 36.5 Å². The fourth-order valence-electron chi connectivity index (χ4n) is 2.15. The zero-order valence-electron chi connectivity index (χ0n) is 10.9. The molecule has 0 aliphatic carbocycles. The minimum absolute atomic E-state index is 0.140. The van der Waals surface area contributed by atoms with E-state index >= 15 is 0 Å². The standard InChI is InChI=1S/C14H13N3O2S/c1-2-13-16-14-12(9-6-10-15-14)20(18,19)17(13)11-7-4-3-5-8-11/h3-10H,2H2,1H3. The molecule has 1 aromatic carbocycles. The van der Waals surface area contributed by atoms with Gasteiger partial charge in [-0.1, -0.05) is 25.1 Å². The lowest BCUT2D eigenvalue weighted by atomic mass is 10.3. The number of hydrogen-bond donors (Lipinski definition) is 0. The van der Waals surface area contributed by atoms with Gasteiger partial charge in [-0.2, -0.15) is 0 Å². The zero-order valence-corrected chi connectivity index (χ0v) is 11.7. The zero-order chi connectivity index (χ0) is 14.2. The van der Waals surface area contributed by atoms with Crippen LogP contribution in [0.25, 0.3) is 0 Å². The number of aliphatic imine (C=N–C) groups is 1. The lowest BCUT2D eigenvalue weighted by molar-refractivity contribution is 0.595. The molecule has 0 amide bonds. The van der Waals surface area contributed by atoms with Gasteiger partial charge in [-0.3, -0.25) is 0 Å². The number of amidine groups is 1. The number of aromatic nitrogens is 1. The van der Waals surface area contributed by atoms with Crippen molar-refractivity contribution in [2.24, 2.45) is 4.99 Å². The Morgan fingerprint density at radius 1 is 1.10 bits per heavy atom. The Bertz CT molecular complexity index is 770. The molecule has 5 nitrogen and oxygen atoms in total. The minimum Gasteiger partial charge on any atom is -0.236 e. The number of para-hydroxylation sites is 1. The molecule has 0 saturated heterocycles. The second kappa shape index (κ2) is 4.72. The van der Waals surface area contributed by atoms with Crippen LogP contribution in [-0.2, 0) is 10.0 Å². The van der Waals surface area contributed by atoms with Gasteiger partial charge in [0.05, 0.1) is 5.69 Å². The Balaban J connectivity index is 2.26. The summed E-state index contributed by atoms with van der Waals surface area (Å²) in [4.78, 5) is 8.56. The SMILES string of the molecule is CCC1=Nc2ncccc2S(=O)(=O)N1c1ccccc1. The summed E-state index contributed by atoms with van der Waals surface area (Å²) in [5.41, 5.74) is 0.586. The molecule has 0 bridgehead atoms. The molecule has 0 atom stereocenters. The van der Waals surface area contributed by atoms with Crippen molar-refractivity contribution in [1.29, 1.82) is 0 Å². The van der Waals surface area contributed by atoms with Crippen LogP contribution in [0.15, 0.2) is 58.5 Å². The first-order valence-corrected chi connectivity index (χ1v) is 7.71. The number of hydrogen-bond acceptors (Lipinski definition) is 4. The van der Waals surface area contributed by atoms with Crippen LogP contribution in [0.3, 0.4) is 0 Å². The number of rotatable bonds is 2. The molecule has 1 aliphatic rings. The van der Waals surface area contributed by atoms with Gasteiger partial charge in [0.25, 0.3) is 10.0 Å². The monoisotopic (exact) mass is 287 g/mol. The van der Waals surface area contributed by atoms with Crippen molar-refractivity contribution >= 4 is 27.4 Å². The highest BCUT2D eigenvalue weighted by atomic mass is 32.2. The van der Waals surface area contributed by atoms with Crippen LogP contribution in [0.2, 0.25) is 0 Å². The van der Waals surface area contributed by atoms with Gasteiger partial charge >= 0.3 is 0 Å². The molecule has 0 radical (unpaired) electrons. The maximum Gasteiger partial charge on any atom is 0.273 e. The van der Waals surface area contributed by atoms with Crippen LogP contribution in [0, 0.1) is 0 Å². The quantitative estimate of drug-likeness (QED) is 0.853. The highest BCUT2D eigenvalue weighted by Gasteiger charge is 2.34. The van der Waals surface area contributed by atoms with E-state index in [1.807, 2.05) is 13.0 Å². The third-order valence-corrected chi connectivity index (χ3v) is 4.82. The topological polar surface area (TPSA) is 62.6 Å². The Morgan fingerprint density at radius 3 is 2.55 bits per heavy atom. The summed E-state index contributed by atoms with van der Waals surface area (Å²) in [6.45, 7) is 1.87. The first-order chi connectivity index (χ1) is 9.64. The Morgan fingerprint density at radius 2 is 1.85 bits per heavy atom. The fraction of sp³-hybridized carbons (Fsp3) is 0.143. The van der Waals surface area contributed by atoms with Crippen molar-refractivity contribution < 1.29 is 8.42 Å². The first-order valence-electron chi connectivity index (χ1n) is 6.27. The highest BCUT2D eigenvalue weighted by molar-refractivity contribution is 7.93. The van der Waals surface area contributed by atoms with Crippen molar-refractivity contribution in [3.8, 4) is 0 Å². The maximum absolute atomic E-state index is 12.8. The van der Waals surface area contributed by atoms with Crippen molar-refractivity contribution in [2.75, 3.05) is 4.31 Å². The van der Waals surface area contributed by atoms with Crippen LogP contribution in [0.1, 0.15) is 13.3 Å². The van der Waals surface area contributed by atoms with E-state index in [-0.39, 0.29) is 10.7 Å². The molecular formula is C14H13N3O2S. The molecule has 0 N–H and O–H groups in total. The number of anilines is 1. The fourth-order valence-corrected chi connectivity index (χ4v) is 3.77. The average Bonchev–Trinajstić information content (AvgIpc) is 2.47. The summed E-state index contributed by atoms with van der Waals surface area (Å²) in [5.74, 6) is 0.735. The van der Waals surface area contributed by atoms with Gasteiger partial charge in [-0.15, -0.1) is 0 Å². The summed E-state index contributed by atoms with van der Waals surface area (Å²) in [7, 11) is -3.66. The molecule has 1 aliphatic heterocycles. The average molecular weight is 287 g/mol. The molecule has 0 fully saturated rings. The molecule has 0 saturated carbocycles. The first kappa shape index (κ1) is 12.8. The Kier molecular flexibility index (Phi) is 3.02. The van der Waals surface area contributed by atoms with Crippen LogP contribution in [0.4, 0.5) is 11.5 Å². The van der Waals surface area contributed by atoms with Gasteiger partial charge < -0.3 is 0 Å². The molecule has 2 aromatic rings. The largest absolute Gasteiger partial charge is 0.273 e. The van der Waals surface area contributed by atoms with Crippen LogP contribution in [0.5, 0.6) is 0 Å². The third kappa shape index (κ3) is 1.89. The number of benzene rings is 1. The van der Waals surface area contributed by atoms with Crippen molar-refractivity contribution in [3.05, 3.63) is 48.7 Å². The molecule has 6 heteroatoms. The van der Waals surface area contributed by atoms with Crippen LogP contribution >= 0.6 is 0 Å². The molecule has 2 heterocycles. The molecule has 0 spiro atoms. The van der Waals surface area contributed by atoms with E-state index in [1.165, 1.54) is 10.4 Å². The van der Waals surface area contributed by atoms with Crippen molar-refractivity contribution in [1.82, 2.24) is 4.98 Å². The molecule has 3 rings (SSSR count). The summed E-state index contributed by atoms with van der Waals surface area (Å²) < 4.78 is 26.8. The molecular weight excluding hydrogens is 274 g/mol. The second-order valence-corrected chi connectivity index (χ2v) is 6.07. The van der Waals surface area contributed by atoms with Gasteiger partial charge in [0.2, 0.25) is 0 Å². The Hall–Kier alpha value is -2.21. The summed E-state index contributed by atoms with van der Waals surface area (Å²) in [6.07, 6.45) is 2.05. The van der Waals surface area contributed by atoms with Gasteiger partial charge in [0, 0.05) is 12.6 Å². The number of nitrogens with zero attached hydrogens (tertiary/aromatic N) is 3. The predicted octanol–water partition coefficient (Wildman–Crippen LogP) is 2.73. The van der Waals surface area contributed by atoms with Gasteiger partial charge in [-0.25, -0.2) is 22.7 Å². The van der Waals surface area contributed by atoms with Gasteiger partial charge in [0.1, 0.15) is 10.7 Å². The third-order valence-electron chi connectivity index (χ3n) is 3.05. The van der Waals surface area contributed by atoms with E-state index in [4.69, 9.17) is 0 Å². The molecule has 0 unspecified atom stereocenters. The number of sulfonamides is 1. The number of fused-ring (bicyclic) bond motifs is 1. The van der Waals surface area contributed by atoms with E-state index in [0.29, 0.717) is 17.9 Å². The summed E-state index contributed by atoms with van der Waals surface area (Å²) >= 11 is 0. The van der Waals surface area contributed by atoms with Crippen molar-refractivity contribution in [3.63, 3.8) is 0 Å². The highest BCUT2D eigenvalue weighted by Crippen LogP contribution is 2.34. The summed E-state index contributed by atoms with van der Waals surface area (Å²) in [6, 6.07) is 12.1. The Labute approximate surface area is 117 Å².